The van der Waals surface area contributed by atoms with Gasteiger partial charge in [-0.2, -0.15) is 0 Å². The summed E-state index contributed by atoms with van der Waals surface area (Å²) in [5, 5.41) is 18.2. The van der Waals surface area contributed by atoms with Crippen LogP contribution in [0.4, 0.5) is 0 Å². The molecule has 1 aromatic carbocycles. The van der Waals surface area contributed by atoms with Gasteiger partial charge in [0.05, 0.1) is 5.97 Å². The number of carbonyl (C=O) groups excluding carboxylic acids is 1. The SMILES string of the molecule is CCc1nc(S/C(=C\c2ccc(Br)cc2)C(=O)[O-])n[nH]1. The molecule has 2 aromatic rings. The quantitative estimate of drug-likeness (QED) is 0.657. The Hall–Kier alpha value is -1.60. The fourth-order valence-corrected chi connectivity index (χ4v) is 2.41. The lowest BCUT2D eigenvalue weighted by Gasteiger charge is -2.05. The van der Waals surface area contributed by atoms with Crippen LogP contribution >= 0.6 is 27.7 Å². The van der Waals surface area contributed by atoms with Gasteiger partial charge in [0.1, 0.15) is 5.82 Å². The summed E-state index contributed by atoms with van der Waals surface area (Å²) in [6.45, 7) is 1.94. The molecule has 1 heterocycles. The molecule has 0 spiro atoms. The van der Waals surface area contributed by atoms with Crippen molar-refractivity contribution in [1.82, 2.24) is 15.2 Å². The molecule has 0 unspecified atom stereocenters. The molecule has 0 bridgehead atoms. The van der Waals surface area contributed by atoms with Gasteiger partial charge in [0, 0.05) is 15.8 Å². The standard InChI is InChI=1S/C13H12BrN3O2S/c1-2-11-15-13(17-16-11)20-10(12(18)19)7-8-3-5-9(14)6-4-8/h3-7H,2H2,1H3,(H,18,19)(H,15,16,17)/p-1/b10-7-. The molecule has 1 N–H and O–H groups in total. The average Bonchev–Trinajstić information content (AvgIpc) is 2.88. The van der Waals surface area contributed by atoms with E-state index in [1.165, 1.54) is 6.08 Å². The average molecular weight is 353 g/mol. The molecule has 0 aliphatic carbocycles. The first-order chi connectivity index (χ1) is 9.58. The number of hydrogen-bond donors (Lipinski definition) is 1. The van der Waals surface area contributed by atoms with Crippen LogP contribution in [0.1, 0.15) is 18.3 Å². The minimum atomic E-state index is -1.25. The van der Waals surface area contributed by atoms with Crippen molar-refractivity contribution in [2.75, 3.05) is 0 Å². The molecule has 0 atom stereocenters. The van der Waals surface area contributed by atoms with Crippen molar-refractivity contribution >= 4 is 39.7 Å². The molecule has 0 fully saturated rings. The van der Waals surface area contributed by atoms with Crippen molar-refractivity contribution in [3.63, 3.8) is 0 Å². The van der Waals surface area contributed by atoms with Crippen molar-refractivity contribution in [1.29, 1.82) is 0 Å². The van der Waals surface area contributed by atoms with Gasteiger partial charge in [0.25, 0.3) is 0 Å². The molecular weight excluding hydrogens is 342 g/mol. The highest BCUT2D eigenvalue weighted by Crippen LogP contribution is 2.25. The first-order valence-corrected chi connectivity index (χ1v) is 7.47. The Morgan fingerprint density at radius 1 is 1.45 bits per heavy atom. The van der Waals surface area contributed by atoms with Gasteiger partial charge in [-0.3, -0.25) is 5.10 Å². The monoisotopic (exact) mass is 352 g/mol. The third kappa shape index (κ3) is 3.94. The summed E-state index contributed by atoms with van der Waals surface area (Å²) < 4.78 is 0.929. The van der Waals surface area contributed by atoms with Crippen LogP contribution in [-0.2, 0) is 11.2 Å². The number of carbonyl (C=O) groups is 1. The zero-order chi connectivity index (χ0) is 14.5. The van der Waals surface area contributed by atoms with Gasteiger partial charge in [0.15, 0.2) is 0 Å². The second-order valence-electron chi connectivity index (χ2n) is 3.87. The number of hydrogen-bond acceptors (Lipinski definition) is 5. The second kappa shape index (κ2) is 6.71. The van der Waals surface area contributed by atoms with Crippen LogP contribution in [-0.4, -0.2) is 21.2 Å². The van der Waals surface area contributed by atoms with Crippen molar-refractivity contribution in [2.45, 2.75) is 18.5 Å². The summed E-state index contributed by atoms with van der Waals surface area (Å²) in [5.74, 6) is -0.533. The fraction of sp³-hybridized carbons (Fsp3) is 0.154. The molecule has 0 saturated carbocycles. The number of nitrogens with zero attached hydrogens (tertiary/aromatic N) is 2. The molecule has 2 rings (SSSR count). The van der Waals surface area contributed by atoms with E-state index < -0.39 is 5.97 Å². The Kier molecular flexibility index (Phi) is 4.97. The normalized spacial score (nSPS) is 11.6. The molecule has 20 heavy (non-hydrogen) atoms. The van der Waals surface area contributed by atoms with Crippen LogP contribution in [0, 0.1) is 0 Å². The van der Waals surface area contributed by atoms with Gasteiger partial charge >= 0.3 is 0 Å². The number of carboxylic acids is 1. The van der Waals surface area contributed by atoms with E-state index in [1.54, 1.807) is 0 Å². The molecule has 104 valence electrons. The number of aromatic amines is 1. The summed E-state index contributed by atoms with van der Waals surface area (Å²) >= 11 is 4.29. The van der Waals surface area contributed by atoms with Crippen molar-refractivity contribution in [3.8, 4) is 0 Å². The predicted octanol–water partition coefficient (Wildman–Crippen LogP) is 2.01. The maximum Gasteiger partial charge on any atom is 0.213 e. The molecule has 0 radical (unpaired) electrons. The van der Waals surface area contributed by atoms with E-state index in [0.717, 1.165) is 21.8 Å². The van der Waals surface area contributed by atoms with E-state index in [1.807, 2.05) is 31.2 Å². The Balaban J connectivity index is 2.22. The number of nitrogens with one attached hydrogen (secondary N) is 1. The van der Waals surface area contributed by atoms with Gasteiger partial charge in [-0.05, 0) is 35.5 Å². The first-order valence-electron chi connectivity index (χ1n) is 5.86. The van der Waals surface area contributed by atoms with E-state index >= 15 is 0 Å². The van der Waals surface area contributed by atoms with Crippen LogP contribution in [0.2, 0.25) is 0 Å². The molecule has 0 saturated heterocycles. The number of aryl methyl sites for hydroxylation is 1. The number of aromatic nitrogens is 3. The largest absolute Gasteiger partial charge is 0.544 e. The maximum absolute atomic E-state index is 11.2. The summed E-state index contributed by atoms with van der Waals surface area (Å²) in [4.78, 5) is 15.4. The Morgan fingerprint density at radius 3 is 2.70 bits per heavy atom. The number of benzene rings is 1. The molecule has 1 aromatic heterocycles. The van der Waals surface area contributed by atoms with E-state index in [-0.39, 0.29) is 4.91 Å². The Bertz CT molecular complexity index is 637. The number of carboxylic acid groups (broad SMARTS) is 1. The molecular formula is C13H11BrN3O2S-. The van der Waals surface area contributed by atoms with Gasteiger partial charge in [-0.25, -0.2) is 4.98 Å². The summed E-state index contributed by atoms with van der Waals surface area (Å²) in [5.41, 5.74) is 0.770. The summed E-state index contributed by atoms with van der Waals surface area (Å²) in [7, 11) is 0. The lowest BCUT2D eigenvalue weighted by atomic mass is 10.2. The minimum Gasteiger partial charge on any atom is -0.544 e. The van der Waals surface area contributed by atoms with Gasteiger partial charge in [-0.1, -0.05) is 35.0 Å². The lowest BCUT2D eigenvalue weighted by Crippen LogP contribution is -2.23. The highest BCUT2D eigenvalue weighted by Gasteiger charge is 2.08. The zero-order valence-corrected chi connectivity index (χ0v) is 13.0. The van der Waals surface area contributed by atoms with E-state index in [9.17, 15) is 9.90 Å². The highest BCUT2D eigenvalue weighted by molar-refractivity contribution is 9.10. The second-order valence-corrected chi connectivity index (χ2v) is 5.79. The van der Waals surface area contributed by atoms with Crippen molar-refractivity contribution < 1.29 is 9.90 Å². The van der Waals surface area contributed by atoms with Crippen molar-refractivity contribution in [2.24, 2.45) is 0 Å². The van der Waals surface area contributed by atoms with Crippen LogP contribution in [0.25, 0.3) is 6.08 Å². The van der Waals surface area contributed by atoms with Gasteiger partial charge in [-0.15, -0.1) is 5.10 Å². The fourth-order valence-electron chi connectivity index (χ4n) is 1.42. The predicted molar refractivity (Wildman–Crippen MR) is 78.7 cm³/mol. The Labute approximate surface area is 128 Å². The Morgan fingerprint density at radius 2 is 2.15 bits per heavy atom. The van der Waals surface area contributed by atoms with Crippen molar-refractivity contribution in [3.05, 3.63) is 45.0 Å². The number of thioether (sulfide) groups is 1. The first kappa shape index (κ1) is 14.8. The molecule has 0 aliphatic heterocycles. The van der Waals surface area contributed by atoms with Gasteiger partial charge < -0.3 is 9.90 Å². The highest BCUT2D eigenvalue weighted by atomic mass is 79.9. The van der Waals surface area contributed by atoms with Gasteiger partial charge in [0.2, 0.25) is 5.16 Å². The molecule has 5 nitrogen and oxygen atoms in total. The van der Waals surface area contributed by atoms with Crippen LogP contribution < -0.4 is 5.11 Å². The lowest BCUT2D eigenvalue weighted by molar-refractivity contribution is -0.297. The minimum absolute atomic E-state index is 0.0639. The van der Waals surface area contributed by atoms with Crippen LogP contribution in [0.5, 0.6) is 0 Å². The van der Waals surface area contributed by atoms with Crippen LogP contribution in [0.3, 0.4) is 0 Å². The smallest absolute Gasteiger partial charge is 0.213 e. The maximum atomic E-state index is 11.2. The zero-order valence-electron chi connectivity index (χ0n) is 10.6. The van der Waals surface area contributed by atoms with E-state index in [4.69, 9.17) is 0 Å². The number of H-pyrrole nitrogens is 1. The third-order valence-electron chi connectivity index (χ3n) is 2.42. The number of rotatable bonds is 5. The summed E-state index contributed by atoms with van der Waals surface area (Å²) in [6.07, 6.45) is 2.25. The summed E-state index contributed by atoms with van der Waals surface area (Å²) in [6, 6.07) is 7.29. The van der Waals surface area contributed by atoms with E-state index in [0.29, 0.717) is 17.4 Å². The molecule has 7 heteroatoms. The number of halogens is 1. The molecule has 0 aliphatic rings. The van der Waals surface area contributed by atoms with Crippen LogP contribution in [0.15, 0.2) is 38.8 Å². The molecule has 0 amide bonds. The third-order valence-corrected chi connectivity index (χ3v) is 3.81. The number of aliphatic carboxylic acids is 1. The van der Waals surface area contributed by atoms with E-state index in [2.05, 4.69) is 31.1 Å². The topological polar surface area (TPSA) is 81.7 Å².